The van der Waals surface area contributed by atoms with Crippen molar-refractivity contribution in [3.63, 3.8) is 0 Å². The molecule has 2 unspecified atom stereocenters. The molecule has 1 aromatic carbocycles. The molecule has 5 nitrogen and oxygen atoms in total. The Balaban J connectivity index is 1.56. The van der Waals surface area contributed by atoms with Gasteiger partial charge in [-0.2, -0.15) is 0 Å². The zero-order valence-corrected chi connectivity index (χ0v) is 12.3. The predicted octanol–water partition coefficient (Wildman–Crippen LogP) is 3.21. The van der Waals surface area contributed by atoms with Crippen molar-refractivity contribution in [1.29, 1.82) is 0 Å². The number of urea groups is 1. The molecular formula is C16H21N3O2. The average molecular weight is 287 g/mol. The van der Waals surface area contributed by atoms with Crippen LogP contribution in [0.1, 0.15) is 38.3 Å². The van der Waals surface area contributed by atoms with E-state index in [4.69, 9.17) is 4.52 Å². The van der Waals surface area contributed by atoms with E-state index in [9.17, 15) is 4.79 Å². The van der Waals surface area contributed by atoms with Crippen LogP contribution in [0.2, 0.25) is 0 Å². The fraction of sp³-hybridized carbons (Fsp3) is 0.500. The molecule has 0 radical (unpaired) electrons. The minimum atomic E-state index is -0.124. The van der Waals surface area contributed by atoms with Gasteiger partial charge in [0.2, 0.25) is 0 Å². The smallest absolute Gasteiger partial charge is 0.315 e. The summed E-state index contributed by atoms with van der Waals surface area (Å²) in [6, 6.07) is 7.82. The molecule has 2 atom stereocenters. The molecule has 0 saturated heterocycles. The van der Waals surface area contributed by atoms with Gasteiger partial charge < -0.3 is 15.2 Å². The molecule has 1 aliphatic carbocycles. The van der Waals surface area contributed by atoms with Crippen molar-refractivity contribution in [2.24, 2.45) is 5.92 Å². The number of carbonyl (C=O) groups excluding carboxylic acids is 1. The predicted molar refractivity (Wildman–Crippen MR) is 80.8 cm³/mol. The van der Waals surface area contributed by atoms with Gasteiger partial charge in [-0.15, -0.1) is 0 Å². The minimum Gasteiger partial charge on any atom is -0.356 e. The molecule has 0 bridgehead atoms. The lowest BCUT2D eigenvalue weighted by Gasteiger charge is -2.29. The van der Waals surface area contributed by atoms with Gasteiger partial charge in [0.15, 0.2) is 5.58 Å². The maximum absolute atomic E-state index is 12.0. The molecule has 1 fully saturated rings. The first-order chi connectivity index (χ1) is 10.2. The number of hydrogen-bond acceptors (Lipinski definition) is 3. The highest BCUT2D eigenvalue weighted by Gasteiger charge is 2.22. The van der Waals surface area contributed by atoms with Crippen LogP contribution in [0, 0.1) is 5.92 Å². The fourth-order valence-electron chi connectivity index (χ4n) is 2.98. The lowest BCUT2D eigenvalue weighted by molar-refractivity contribution is 0.221. The summed E-state index contributed by atoms with van der Waals surface area (Å²) < 4.78 is 5.23. The lowest BCUT2D eigenvalue weighted by Crippen LogP contribution is -2.45. The van der Waals surface area contributed by atoms with E-state index in [1.165, 1.54) is 19.3 Å². The van der Waals surface area contributed by atoms with Crippen molar-refractivity contribution in [2.45, 2.75) is 45.2 Å². The summed E-state index contributed by atoms with van der Waals surface area (Å²) in [5.74, 6) is 0.553. The van der Waals surface area contributed by atoms with Crippen LogP contribution in [0.5, 0.6) is 0 Å². The van der Waals surface area contributed by atoms with Crippen LogP contribution in [0.3, 0.4) is 0 Å². The highest BCUT2D eigenvalue weighted by molar-refractivity contribution is 5.80. The van der Waals surface area contributed by atoms with Gasteiger partial charge in [-0.25, -0.2) is 4.79 Å². The summed E-state index contributed by atoms with van der Waals surface area (Å²) in [6.45, 7) is 2.58. The Morgan fingerprint density at radius 3 is 3.00 bits per heavy atom. The van der Waals surface area contributed by atoms with Gasteiger partial charge in [-0.05, 0) is 30.9 Å². The second-order valence-electron chi connectivity index (χ2n) is 5.82. The van der Waals surface area contributed by atoms with Crippen LogP contribution < -0.4 is 10.6 Å². The zero-order chi connectivity index (χ0) is 14.7. The van der Waals surface area contributed by atoms with Crippen LogP contribution in [-0.2, 0) is 6.54 Å². The van der Waals surface area contributed by atoms with Crippen molar-refractivity contribution in [3.05, 3.63) is 30.0 Å². The third-order valence-electron chi connectivity index (χ3n) is 4.30. The Hall–Kier alpha value is -2.04. The van der Waals surface area contributed by atoms with Crippen LogP contribution in [0.15, 0.2) is 28.8 Å². The van der Waals surface area contributed by atoms with E-state index in [1.807, 2.05) is 24.3 Å². The number of aromatic nitrogens is 1. The Morgan fingerprint density at radius 2 is 2.14 bits per heavy atom. The molecule has 2 amide bonds. The van der Waals surface area contributed by atoms with Crippen LogP contribution in [-0.4, -0.2) is 17.2 Å². The summed E-state index contributed by atoms with van der Waals surface area (Å²) in [5, 5.41) is 10.9. The second-order valence-corrected chi connectivity index (χ2v) is 5.82. The molecule has 1 saturated carbocycles. The average Bonchev–Trinajstić information content (AvgIpc) is 2.91. The first kappa shape index (κ1) is 13.9. The number of nitrogens with zero attached hydrogens (tertiary/aromatic N) is 1. The van der Waals surface area contributed by atoms with Crippen LogP contribution >= 0.6 is 0 Å². The number of rotatable bonds is 3. The fourth-order valence-corrected chi connectivity index (χ4v) is 2.98. The number of para-hydroxylation sites is 1. The molecule has 21 heavy (non-hydrogen) atoms. The van der Waals surface area contributed by atoms with Crippen LogP contribution in [0.25, 0.3) is 11.0 Å². The normalized spacial score (nSPS) is 22.1. The first-order valence-corrected chi connectivity index (χ1v) is 7.61. The molecule has 112 valence electrons. The third-order valence-corrected chi connectivity index (χ3v) is 4.30. The van der Waals surface area contributed by atoms with E-state index in [2.05, 4.69) is 22.7 Å². The molecular weight excluding hydrogens is 266 g/mol. The van der Waals surface area contributed by atoms with Gasteiger partial charge in [-0.1, -0.05) is 37.1 Å². The van der Waals surface area contributed by atoms with Gasteiger partial charge in [-0.3, -0.25) is 0 Å². The van der Waals surface area contributed by atoms with Gasteiger partial charge in [0.25, 0.3) is 0 Å². The molecule has 2 aromatic rings. The van der Waals surface area contributed by atoms with Gasteiger partial charge >= 0.3 is 6.03 Å². The molecule has 2 N–H and O–H groups in total. The van der Waals surface area contributed by atoms with Crippen molar-refractivity contribution < 1.29 is 9.32 Å². The maximum atomic E-state index is 12.0. The van der Waals surface area contributed by atoms with Crippen molar-refractivity contribution in [1.82, 2.24) is 15.8 Å². The lowest BCUT2D eigenvalue weighted by atomic mass is 9.86. The summed E-state index contributed by atoms with van der Waals surface area (Å²) in [4.78, 5) is 12.0. The molecule has 1 heterocycles. The van der Waals surface area contributed by atoms with Crippen LogP contribution in [0.4, 0.5) is 4.79 Å². The maximum Gasteiger partial charge on any atom is 0.315 e. The highest BCUT2D eigenvalue weighted by Crippen LogP contribution is 2.23. The Kier molecular flexibility index (Phi) is 4.08. The molecule has 5 heteroatoms. The molecule has 0 aliphatic heterocycles. The standard InChI is InChI=1S/C16H21N3O2/c1-11-6-2-4-8-13(11)18-16(20)17-10-14-12-7-3-5-9-15(12)21-19-14/h3,5,7,9,11,13H,2,4,6,8,10H2,1H3,(H2,17,18,20). The van der Waals surface area contributed by atoms with Crippen molar-refractivity contribution >= 4 is 17.0 Å². The van der Waals surface area contributed by atoms with E-state index in [0.717, 1.165) is 23.1 Å². The SMILES string of the molecule is CC1CCCCC1NC(=O)NCc1noc2ccccc12. The summed E-state index contributed by atoms with van der Waals surface area (Å²) in [5.41, 5.74) is 1.51. The monoisotopic (exact) mass is 287 g/mol. The topological polar surface area (TPSA) is 67.2 Å². The van der Waals surface area contributed by atoms with E-state index in [-0.39, 0.29) is 12.1 Å². The number of nitrogens with one attached hydrogen (secondary N) is 2. The summed E-state index contributed by atoms with van der Waals surface area (Å²) >= 11 is 0. The Morgan fingerprint density at radius 1 is 1.33 bits per heavy atom. The molecule has 0 spiro atoms. The minimum absolute atomic E-state index is 0.124. The molecule has 1 aliphatic rings. The molecule has 1 aromatic heterocycles. The van der Waals surface area contributed by atoms with E-state index in [0.29, 0.717) is 12.5 Å². The Labute approximate surface area is 124 Å². The van der Waals surface area contributed by atoms with E-state index in [1.54, 1.807) is 0 Å². The van der Waals surface area contributed by atoms with Crippen molar-refractivity contribution in [3.8, 4) is 0 Å². The highest BCUT2D eigenvalue weighted by atomic mass is 16.5. The number of hydrogen-bond donors (Lipinski definition) is 2. The van der Waals surface area contributed by atoms with E-state index >= 15 is 0 Å². The van der Waals surface area contributed by atoms with Gasteiger partial charge in [0.1, 0.15) is 5.69 Å². The second kappa shape index (κ2) is 6.16. The van der Waals surface area contributed by atoms with Gasteiger partial charge in [0.05, 0.1) is 6.54 Å². The number of benzene rings is 1. The quantitative estimate of drug-likeness (QED) is 0.911. The van der Waals surface area contributed by atoms with E-state index < -0.39 is 0 Å². The number of fused-ring (bicyclic) bond motifs is 1. The zero-order valence-electron chi connectivity index (χ0n) is 12.3. The third kappa shape index (κ3) is 3.17. The summed E-state index contributed by atoms with van der Waals surface area (Å²) in [7, 11) is 0. The number of carbonyl (C=O) groups is 1. The molecule has 3 rings (SSSR count). The number of amides is 2. The Bertz CT molecular complexity index is 623. The first-order valence-electron chi connectivity index (χ1n) is 7.61. The van der Waals surface area contributed by atoms with Crippen molar-refractivity contribution in [2.75, 3.05) is 0 Å². The van der Waals surface area contributed by atoms with Gasteiger partial charge in [0, 0.05) is 11.4 Å². The summed E-state index contributed by atoms with van der Waals surface area (Å²) in [6.07, 6.45) is 4.73. The largest absolute Gasteiger partial charge is 0.356 e.